The van der Waals surface area contributed by atoms with E-state index >= 15 is 0 Å². The number of nitrogens with zero attached hydrogens (tertiary/aromatic N) is 1. The van der Waals surface area contributed by atoms with Crippen molar-refractivity contribution in [1.29, 1.82) is 0 Å². The van der Waals surface area contributed by atoms with E-state index in [1.165, 1.54) is 0 Å². The highest BCUT2D eigenvalue weighted by Gasteiger charge is 2.29. The van der Waals surface area contributed by atoms with Crippen LogP contribution in [-0.2, 0) is 0 Å². The summed E-state index contributed by atoms with van der Waals surface area (Å²) in [6, 6.07) is 1.92. The molecule has 5 nitrogen and oxygen atoms in total. The van der Waals surface area contributed by atoms with Crippen molar-refractivity contribution in [2.24, 2.45) is 0 Å². The first-order valence-corrected chi connectivity index (χ1v) is 6.76. The molecule has 104 valence electrons. The number of ether oxygens (including phenoxy) is 1. The third-order valence-corrected chi connectivity index (χ3v) is 3.71. The molecule has 1 N–H and O–H groups in total. The molecule has 0 saturated heterocycles. The summed E-state index contributed by atoms with van der Waals surface area (Å²) < 4.78 is 18.9. The van der Waals surface area contributed by atoms with Crippen molar-refractivity contribution >= 4 is 21.6 Å². The van der Waals surface area contributed by atoms with Crippen molar-refractivity contribution < 1.29 is 19.2 Å². The molecule has 0 unspecified atom stereocenters. The monoisotopic (exact) mass is 333 g/mol. The molecule has 1 aliphatic rings. The first-order valence-electron chi connectivity index (χ1n) is 5.97. The lowest BCUT2D eigenvalue weighted by molar-refractivity contribution is -0.386. The van der Waals surface area contributed by atoms with E-state index in [1.807, 2.05) is 0 Å². The van der Waals surface area contributed by atoms with Gasteiger partial charge in [0, 0.05) is 0 Å². The number of nitro benzene ring substituents is 1. The number of benzene rings is 1. The van der Waals surface area contributed by atoms with E-state index in [2.05, 4.69) is 15.9 Å². The molecule has 2 rings (SSSR count). The van der Waals surface area contributed by atoms with Crippen LogP contribution in [0.4, 0.5) is 10.1 Å². The average Bonchev–Trinajstić information content (AvgIpc) is 2.34. The molecule has 0 bridgehead atoms. The van der Waals surface area contributed by atoms with Crippen molar-refractivity contribution in [2.75, 3.05) is 0 Å². The SMILES string of the molecule is O=[N+]([O-])c1cc(F)cc(Br)c1O[C@H]1CCCC[C@@H]1O. The zero-order chi connectivity index (χ0) is 14.0. The van der Waals surface area contributed by atoms with Gasteiger partial charge in [-0.3, -0.25) is 10.1 Å². The fourth-order valence-corrected chi connectivity index (χ4v) is 2.68. The molecule has 1 fully saturated rings. The number of nitro groups is 1. The largest absolute Gasteiger partial charge is 0.480 e. The molecule has 1 saturated carbocycles. The summed E-state index contributed by atoms with van der Waals surface area (Å²) in [5, 5.41) is 20.7. The van der Waals surface area contributed by atoms with E-state index in [0.29, 0.717) is 12.8 Å². The van der Waals surface area contributed by atoms with E-state index in [4.69, 9.17) is 4.74 Å². The molecular weight excluding hydrogens is 321 g/mol. The van der Waals surface area contributed by atoms with Crippen LogP contribution < -0.4 is 4.74 Å². The molecule has 1 aliphatic carbocycles. The van der Waals surface area contributed by atoms with E-state index in [-0.39, 0.29) is 10.2 Å². The maximum Gasteiger partial charge on any atom is 0.315 e. The summed E-state index contributed by atoms with van der Waals surface area (Å²) >= 11 is 3.06. The van der Waals surface area contributed by atoms with Crippen LogP contribution in [-0.4, -0.2) is 22.2 Å². The third-order valence-electron chi connectivity index (χ3n) is 3.12. The molecule has 19 heavy (non-hydrogen) atoms. The van der Waals surface area contributed by atoms with Crippen LogP contribution in [0.3, 0.4) is 0 Å². The maximum absolute atomic E-state index is 13.2. The molecule has 0 aliphatic heterocycles. The number of aliphatic hydroxyl groups excluding tert-OH is 1. The average molecular weight is 334 g/mol. The minimum Gasteiger partial charge on any atom is -0.480 e. The molecule has 1 aromatic rings. The predicted octanol–water partition coefficient (Wildman–Crippen LogP) is 3.18. The predicted molar refractivity (Wildman–Crippen MR) is 69.6 cm³/mol. The first kappa shape index (κ1) is 14.2. The lowest BCUT2D eigenvalue weighted by Crippen LogP contribution is -2.34. The summed E-state index contributed by atoms with van der Waals surface area (Å²) in [6.45, 7) is 0. The Balaban J connectivity index is 2.30. The van der Waals surface area contributed by atoms with Gasteiger partial charge in [0.1, 0.15) is 11.9 Å². The molecule has 0 aromatic heterocycles. The Morgan fingerprint density at radius 3 is 2.74 bits per heavy atom. The van der Waals surface area contributed by atoms with Crippen molar-refractivity contribution in [2.45, 2.75) is 37.9 Å². The molecular formula is C12H13BrFNO4. The normalized spacial score (nSPS) is 23.1. The first-order chi connectivity index (χ1) is 8.99. The Morgan fingerprint density at radius 1 is 1.42 bits per heavy atom. The van der Waals surface area contributed by atoms with Crippen molar-refractivity contribution in [3.05, 3.63) is 32.5 Å². The standard InChI is InChI=1S/C12H13BrFNO4/c13-8-5-7(14)6-9(15(17)18)12(8)19-11-4-2-1-3-10(11)16/h5-6,10-11,16H,1-4H2/t10-,11-/m0/s1. The topological polar surface area (TPSA) is 72.6 Å². The van der Waals surface area contributed by atoms with Gasteiger partial charge in [-0.05, 0) is 41.3 Å². The van der Waals surface area contributed by atoms with Gasteiger partial charge in [0.15, 0.2) is 0 Å². The van der Waals surface area contributed by atoms with Crippen LogP contribution >= 0.6 is 15.9 Å². The second-order valence-corrected chi connectivity index (χ2v) is 5.36. The van der Waals surface area contributed by atoms with E-state index < -0.39 is 28.6 Å². The number of hydrogen-bond donors (Lipinski definition) is 1. The second-order valence-electron chi connectivity index (χ2n) is 4.50. The number of halogens is 2. The zero-order valence-corrected chi connectivity index (χ0v) is 11.6. The minimum absolute atomic E-state index is 0.0302. The Labute approximate surface area is 117 Å². The van der Waals surface area contributed by atoms with Gasteiger partial charge in [-0.25, -0.2) is 4.39 Å². The quantitative estimate of drug-likeness (QED) is 0.681. The van der Waals surface area contributed by atoms with Crippen molar-refractivity contribution in [1.82, 2.24) is 0 Å². The highest BCUT2D eigenvalue weighted by molar-refractivity contribution is 9.10. The van der Waals surface area contributed by atoms with Crippen LogP contribution in [0.15, 0.2) is 16.6 Å². The van der Waals surface area contributed by atoms with Gasteiger partial charge in [0.25, 0.3) is 0 Å². The second kappa shape index (κ2) is 5.83. The molecule has 0 radical (unpaired) electrons. The van der Waals surface area contributed by atoms with Crippen LogP contribution in [0.5, 0.6) is 5.75 Å². The van der Waals surface area contributed by atoms with Gasteiger partial charge in [-0.2, -0.15) is 0 Å². The van der Waals surface area contributed by atoms with E-state index in [1.54, 1.807) is 0 Å². The van der Waals surface area contributed by atoms with Crippen LogP contribution in [0.2, 0.25) is 0 Å². The molecule has 0 amide bonds. The van der Waals surface area contributed by atoms with Gasteiger partial charge in [0.2, 0.25) is 5.75 Å². The summed E-state index contributed by atoms with van der Waals surface area (Å²) in [6.07, 6.45) is 1.90. The summed E-state index contributed by atoms with van der Waals surface area (Å²) in [7, 11) is 0. The van der Waals surface area contributed by atoms with Gasteiger partial charge in [0.05, 0.1) is 21.6 Å². The highest BCUT2D eigenvalue weighted by Crippen LogP contribution is 2.38. The smallest absolute Gasteiger partial charge is 0.315 e. The highest BCUT2D eigenvalue weighted by atomic mass is 79.9. The number of hydrogen-bond acceptors (Lipinski definition) is 4. The van der Waals surface area contributed by atoms with Crippen LogP contribution in [0.25, 0.3) is 0 Å². The molecule has 2 atom stereocenters. The molecule has 7 heteroatoms. The maximum atomic E-state index is 13.2. The summed E-state index contributed by atoms with van der Waals surface area (Å²) in [4.78, 5) is 10.2. The Bertz CT molecular complexity index is 497. The fourth-order valence-electron chi connectivity index (χ4n) is 2.17. The van der Waals surface area contributed by atoms with Crippen LogP contribution in [0.1, 0.15) is 25.7 Å². The summed E-state index contributed by atoms with van der Waals surface area (Å²) in [5.41, 5.74) is -0.440. The Kier molecular flexibility index (Phi) is 4.36. The zero-order valence-electron chi connectivity index (χ0n) is 10.0. The fraction of sp³-hybridized carbons (Fsp3) is 0.500. The van der Waals surface area contributed by atoms with Gasteiger partial charge in [-0.15, -0.1) is 0 Å². The number of aliphatic hydroxyl groups is 1. The van der Waals surface area contributed by atoms with E-state index in [0.717, 1.165) is 25.0 Å². The number of rotatable bonds is 3. The lowest BCUT2D eigenvalue weighted by Gasteiger charge is -2.28. The Morgan fingerprint density at radius 2 is 2.11 bits per heavy atom. The third kappa shape index (κ3) is 3.22. The van der Waals surface area contributed by atoms with Gasteiger partial charge >= 0.3 is 5.69 Å². The lowest BCUT2D eigenvalue weighted by atomic mass is 9.95. The molecule has 1 aromatic carbocycles. The van der Waals surface area contributed by atoms with Crippen LogP contribution in [0, 0.1) is 15.9 Å². The van der Waals surface area contributed by atoms with E-state index in [9.17, 15) is 19.6 Å². The molecule has 0 heterocycles. The molecule has 0 spiro atoms. The minimum atomic E-state index is -0.713. The summed E-state index contributed by atoms with van der Waals surface area (Å²) in [5.74, 6) is -0.743. The van der Waals surface area contributed by atoms with Crippen molar-refractivity contribution in [3.63, 3.8) is 0 Å². The Hall–Kier alpha value is -1.21. The van der Waals surface area contributed by atoms with Crippen molar-refractivity contribution in [3.8, 4) is 5.75 Å². The van der Waals surface area contributed by atoms with Gasteiger partial charge in [-0.1, -0.05) is 6.42 Å². The van der Waals surface area contributed by atoms with Gasteiger partial charge < -0.3 is 9.84 Å².